The van der Waals surface area contributed by atoms with Crippen LogP contribution in [0.15, 0.2) is 55.1 Å². The van der Waals surface area contributed by atoms with Crippen LogP contribution in [0.3, 0.4) is 0 Å². The Bertz CT molecular complexity index is 808. The number of rotatable bonds is 6. The maximum absolute atomic E-state index is 4.41. The molecule has 0 atom stereocenters. The first-order valence-corrected chi connectivity index (χ1v) is 8.73. The van der Waals surface area contributed by atoms with Gasteiger partial charge in [-0.05, 0) is 30.0 Å². The second-order valence-electron chi connectivity index (χ2n) is 6.28. The molecule has 1 saturated heterocycles. The van der Waals surface area contributed by atoms with Crippen molar-refractivity contribution < 1.29 is 0 Å². The molecule has 1 aliphatic heterocycles. The molecule has 6 nitrogen and oxygen atoms in total. The predicted molar refractivity (Wildman–Crippen MR) is 98.6 cm³/mol. The van der Waals surface area contributed by atoms with Crippen molar-refractivity contribution >= 4 is 11.6 Å². The molecule has 1 aliphatic rings. The molecule has 25 heavy (non-hydrogen) atoms. The minimum Gasteiger partial charge on any atom is -0.366 e. The van der Waals surface area contributed by atoms with Crippen molar-refractivity contribution in [3.63, 3.8) is 0 Å². The number of nitrogens with zero attached hydrogens (tertiary/aromatic N) is 5. The van der Waals surface area contributed by atoms with Gasteiger partial charge in [-0.15, -0.1) is 0 Å². The average Bonchev–Trinajstić information content (AvgIpc) is 3.35. The van der Waals surface area contributed by atoms with E-state index >= 15 is 0 Å². The molecule has 0 radical (unpaired) electrons. The van der Waals surface area contributed by atoms with Crippen LogP contribution in [0.1, 0.15) is 24.0 Å². The summed E-state index contributed by atoms with van der Waals surface area (Å²) in [5.74, 6) is 1.88. The Hall–Kier alpha value is -2.89. The van der Waals surface area contributed by atoms with Crippen LogP contribution in [0.5, 0.6) is 0 Å². The maximum Gasteiger partial charge on any atom is 0.134 e. The Morgan fingerprint density at radius 2 is 1.84 bits per heavy atom. The molecule has 0 aliphatic carbocycles. The van der Waals surface area contributed by atoms with Crippen molar-refractivity contribution in [3.05, 3.63) is 66.2 Å². The summed E-state index contributed by atoms with van der Waals surface area (Å²) in [6, 6.07) is 12.4. The summed E-state index contributed by atoms with van der Waals surface area (Å²) in [5, 5.41) is 7.73. The van der Waals surface area contributed by atoms with E-state index in [0.717, 1.165) is 37.8 Å². The minimum atomic E-state index is 0.730. The molecule has 0 amide bonds. The zero-order valence-corrected chi connectivity index (χ0v) is 14.2. The zero-order chi connectivity index (χ0) is 16.9. The van der Waals surface area contributed by atoms with Crippen LogP contribution in [0, 0.1) is 0 Å². The number of anilines is 2. The van der Waals surface area contributed by atoms with Crippen molar-refractivity contribution in [2.75, 3.05) is 23.3 Å². The molecule has 0 unspecified atom stereocenters. The quantitative estimate of drug-likeness (QED) is 0.751. The lowest BCUT2D eigenvalue weighted by molar-refractivity contribution is 0.682. The highest BCUT2D eigenvalue weighted by atomic mass is 15.3. The number of nitrogens with one attached hydrogen (secondary N) is 1. The number of aromatic nitrogens is 4. The molecule has 3 heterocycles. The van der Waals surface area contributed by atoms with Gasteiger partial charge in [0.2, 0.25) is 0 Å². The van der Waals surface area contributed by atoms with Crippen LogP contribution in [0.4, 0.5) is 11.6 Å². The molecule has 4 rings (SSSR count). The van der Waals surface area contributed by atoms with Crippen molar-refractivity contribution in [1.29, 1.82) is 0 Å². The Morgan fingerprint density at radius 3 is 2.64 bits per heavy atom. The summed E-state index contributed by atoms with van der Waals surface area (Å²) in [7, 11) is 0. The molecule has 3 aromatic rings. The second kappa shape index (κ2) is 7.34. The molecule has 2 aromatic heterocycles. The lowest BCUT2D eigenvalue weighted by Crippen LogP contribution is -2.19. The lowest BCUT2D eigenvalue weighted by atomic mass is 10.1. The van der Waals surface area contributed by atoms with Gasteiger partial charge in [0.1, 0.15) is 18.0 Å². The molecule has 1 aromatic carbocycles. The summed E-state index contributed by atoms with van der Waals surface area (Å²) in [6.07, 6.45) is 7.92. The largest absolute Gasteiger partial charge is 0.366 e. The molecule has 128 valence electrons. The molecule has 6 heteroatoms. The molecule has 0 saturated carbocycles. The fraction of sp³-hybridized carbons (Fsp3) is 0.316. The Kier molecular flexibility index (Phi) is 4.59. The van der Waals surface area contributed by atoms with E-state index in [4.69, 9.17) is 0 Å². The van der Waals surface area contributed by atoms with Crippen LogP contribution < -0.4 is 10.2 Å². The Labute approximate surface area is 147 Å². The molecular weight excluding hydrogens is 312 g/mol. The van der Waals surface area contributed by atoms with Crippen LogP contribution in [-0.2, 0) is 13.1 Å². The average molecular weight is 334 g/mol. The van der Waals surface area contributed by atoms with E-state index < -0.39 is 0 Å². The van der Waals surface area contributed by atoms with Gasteiger partial charge in [-0.1, -0.05) is 24.3 Å². The summed E-state index contributed by atoms with van der Waals surface area (Å²) in [4.78, 5) is 11.1. The van der Waals surface area contributed by atoms with Crippen LogP contribution >= 0.6 is 0 Å². The predicted octanol–water partition coefficient (Wildman–Crippen LogP) is 2.93. The zero-order valence-electron chi connectivity index (χ0n) is 14.2. The highest BCUT2D eigenvalue weighted by Gasteiger charge is 2.14. The van der Waals surface area contributed by atoms with Gasteiger partial charge >= 0.3 is 0 Å². The van der Waals surface area contributed by atoms with E-state index in [1.807, 2.05) is 29.2 Å². The monoisotopic (exact) mass is 334 g/mol. The van der Waals surface area contributed by atoms with Gasteiger partial charge in [-0.2, -0.15) is 5.10 Å². The van der Waals surface area contributed by atoms with E-state index in [2.05, 4.69) is 49.5 Å². The number of benzene rings is 1. The maximum atomic E-state index is 4.41. The van der Waals surface area contributed by atoms with Gasteiger partial charge in [-0.3, -0.25) is 4.68 Å². The van der Waals surface area contributed by atoms with Gasteiger partial charge in [0.15, 0.2) is 0 Å². The highest BCUT2D eigenvalue weighted by molar-refractivity contribution is 5.49. The van der Waals surface area contributed by atoms with E-state index in [1.165, 1.54) is 24.0 Å². The lowest BCUT2D eigenvalue weighted by Gasteiger charge is -2.17. The summed E-state index contributed by atoms with van der Waals surface area (Å²) < 4.78 is 1.94. The highest BCUT2D eigenvalue weighted by Crippen LogP contribution is 2.20. The van der Waals surface area contributed by atoms with Gasteiger partial charge in [0.05, 0.1) is 6.54 Å². The van der Waals surface area contributed by atoms with Crippen molar-refractivity contribution in [3.8, 4) is 0 Å². The second-order valence-corrected chi connectivity index (χ2v) is 6.28. The van der Waals surface area contributed by atoms with Gasteiger partial charge in [0, 0.05) is 38.1 Å². The Morgan fingerprint density at radius 1 is 1.00 bits per heavy atom. The Balaban J connectivity index is 1.45. The van der Waals surface area contributed by atoms with E-state index in [0.29, 0.717) is 0 Å². The third kappa shape index (κ3) is 3.79. The normalized spacial score (nSPS) is 14.0. The van der Waals surface area contributed by atoms with Gasteiger partial charge < -0.3 is 10.2 Å². The first kappa shape index (κ1) is 15.6. The van der Waals surface area contributed by atoms with E-state index in [1.54, 1.807) is 6.33 Å². The van der Waals surface area contributed by atoms with Crippen LogP contribution in [-0.4, -0.2) is 32.8 Å². The van der Waals surface area contributed by atoms with Crippen molar-refractivity contribution in [2.45, 2.75) is 25.9 Å². The fourth-order valence-electron chi connectivity index (χ4n) is 3.20. The van der Waals surface area contributed by atoms with Crippen LogP contribution in [0.2, 0.25) is 0 Å². The third-order valence-electron chi connectivity index (χ3n) is 4.55. The molecule has 1 N–H and O–H groups in total. The summed E-state index contributed by atoms with van der Waals surface area (Å²) >= 11 is 0. The van der Waals surface area contributed by atoms with Gasteiger partial charge in [0.25, 0.3) is 0 Å². The SMILES string of the molecule is c1ccc(Cn2cccn2)c(CNc2cc(N3CCCC3)ncn2)c1. The van der Waals surface area contributed by atoms with Crippen molar-refractivity contribution in [1.82, 2.24) is 19.7 Å². The smallest absolute Gasteiger partial charge is 0.134 e. The van der Waals surface area contributed by atoms with E-state index in [9.17, 15) is 0 Å². The fourth-order valence-corrected chi connectivity index (χ4v) is 3.20. The molecule has 0 bridgehead atoms. The number of hydrogen-bond donors (Lipinski definition) is 1. The summed E-state index contributed by atoms with van der Waals surface area (Å²) in [6.45, 7) is 3.67. The standard InChI is InChI=1S/C19H22N6/c1-2-7-17(14-25-11-5-8-23-25)16(6-1)13-20-18-12-19(22-15-21-18)24-9-3-4-10-24/h1-2,5-8,11-12,15H,3-4,9-10,13-14H2,(H,20,21,22). The number of hydrogen-bond acceptors (Lipinski definition) is 5. The third-order valence-corrected chi connectivity index (χ3v) is 4.55. The van der Waals surface area contributed by atoms with Crippen LogP contribution in [0.25, 0.3) is 0 Å². The van der Waals surface area contributed by atoms with Crippen molar-refractivity contribution in [2.24, 2.45) is 0 Å². The molecular formula is C19H22N6. The molecule has 1 fully saturated rings. The first-order valence-electron chi connectivity index (χ1n) is 8.73. The van der Waals surface area contributed by atoms with E-state index in [-0.39, 0.29) is 0 Å². The first-order chi connectivity index (χ1) is 12.4. The summed E-state index contributed by atoms with van der Waals surface area (Å²) in [5.41, 5.74) is 2.51. The van der Waals surface area contributed by atoms with Gasteiger partial charge in [-0.25, -0.2) is 9.97 Å². The molecule has 0 spiro atoms. The minimum absolute atomic E-state index is 0.730. The topological polar surface area (TPSA) is 58.9 Å².